The summed E-state index contributed by atoms with van der Waals surface area (Å²) in [5.74, 6) is -0.880. The predicted molar refractivity (Wildman–Crippen MR) is 114 cm³/mol. The summed E-state index contributed by atoms with van der Waals surface area (Å²) < 4.78 is 13.1. The van der Waals surface area contributed by atoms with E-state index in [9.17, 15) is 18.8 Å². The lowest BCUT2D eigenvalue weighted by Gasteiger charge is -2.23. The van der Waals surface area contributed by atoms with Gasteiger partial charge in [0.15, 0.2) is 0 Å². The lowest BCUT2D eigenvalue weighted by atomic mass is 9.86. The molecule has 1 unspecified atom stereocenters. The van der Waals surface area contributed by atoms with Crippen LogP contribution in [0.25, 0.3) is 0 Å². The van der Waals surface area contributed by atoms with Crippen LogP contribution in [0.4, 0.5) is 9.18 Å². The minimum Gasteiger partial charge on any atom is -0.336 e. The summed E-state index contributed by atoms with van der Waals surface area (Å²) in [5.41, 5.74) is 1.25. The Labute approximate surface area is 181 Å². The summed E-state index contributed by atoms with van der Waals surface area (Å²) in [6.45, 7) is 6.92. The molecule has 0 aliphatic carbocycles. The molecule has 0 aromatic heterocycles. The fourth-order valence-electron chi connectivity index (χ4n) is 4.15. The Balaban J connectivity index is 1.47. The van der Waals surface area contributed by atoms with Crippen LogP contribution in [0.2, 0.25) is 0 Å². The number of benzene rings is 2. The lowest BCUT2D eigenvalue weighted by Crippen LogP contribution is -2.49. The number of hydrogen-bond acceptors (Lipinski definition) is 3. The Morgan fingerprint density at radius 3 is 2.32 bits per heavy atom. The summed E-state index contributed by atoms with van der Waals surface area (Å²) in [4.78, 5) is 41.4. The molecule has 2 heterocycles. The van der Waals surface area contributed by atoms with Crippen molar-refractivity contribution in [3.05, 3.63) is 71.0 Å². The molecule has 0 bridgehead atoms. The van der Waals surface area contributed by atoms with Gasteiger partial charge in [-0.2, -0.15) is 0 Å². The van der Waals surface area contributed by atoms with Crippen LogP contribution >= 0.6 is 0 Å². The Kier molecular flexibility index (Phi) is 5.07. The molecule has 2 aliphatic rings. The number of carbonyl (C=O) groups is 3. The maximum absolute atomic E-state index is 13.1. The summed E-state index contributed by atoms with van der Waals surface area (Å²) in [5, 5.41) is 2.80. The van der Waals surface area contributed by atoms with E-state index < -0.39 is 11.6 Å². The van der Waals surface area contributed by atoms with E-state index in [2.05, 4.69) is 26.1 Å². The fourth-order valence-corrected chi connectivity index (χ4v) is 4.15. The third-order valence-electron chi connectivity index (χ3n) is 6.05. The summed E-state index contributed by atoms with van der Waals surface area (Å²) in [6.07, 6.45) is 0.364. The summed E-state index contributed by atoms with van der Waals surface area (Å²) in [7, 11) is 0. The standard InChI is InChI=1S/C24H26FN3O3/c1-23(2,3)18-8-6-17(7-9-18)20(29)27-13-12-24(15-27)21(30)28(22(31)26-24)14-16-4-10-19(25)11-5-16/h4-11H,12-15H2,1-3H3,(H,26,31). The molecule has 2 fully saturated rings. The van der Waals surface area contributed by atoms with Gasteiger partial charge in [0, 0.05) is 12.1 Å². The molecule has 4 rings (SSSR count). The van der Waals surface area contributed by atoms with Gasteiger partial charge >= 0.3 is 6.03 Å². The zero-order chi connectivity index (χ0) is 22.4. The molecular weight excluding hydrogens is 397 g/mol. The van der Waals surface area contributed by atoms with Crippen molar-refractivity contribution < 1.29 is 18.8 Å². The topological polar surface area (TPSA) is 69.7 Å². The average Bonchev–Trinajstić information content (AvgIpc) is 3.25. The third kappa shape index (κ3) is 3.92. The molecule has 6 nitrogen and oxygen atoms in total. The molecule has 4 amide bonds. The number of hydrogen-bond donors (Lipinski definition) is 1. The van der Waals surface area contributed by atoms with E-state index in [1.807, 2.05) is 24.3 Å². The largest absolute Gasteiger partial charge is 0.336 e. The van der Waals surface area contributed by atoms with Crippen molar-refractivity contribution >= 4 is 17.8 Å². The van der Waals surface area contributed by atoms with E-state index in [1.54, 1.807) is 17.0 Å². The highest BCUT2D eigenvalue weighted by molar-refractivity contribution is 6.08. The van der Waals surface area contributed by atoms with Crippen molar-refractivity contribution in [3.63, 3.8) is 0 Å². The molecule has 0 saturated carbocycles. The number of carbonyl (C=O) groups excluding carboxylic acids is 3. The molecule has 1 spiro atoms. The molecule has 7 heteroatoms. The predicted octanol–water partition coefficient (Wildman–Crippen LogP) is 3.46. The number of urea groups is 1. The molecular formula is C24H26FN3O3. The molecule has 2 saturated heterocycles. The second-order valence-electron chi connectivity index (χ2n) is 9.33. The zero-order valence-electron chi connectivity index (χ0n) is 17.9. The van der Waals surface area contributed by atoms with E-state index in [0.717, 1.165) is 10.5 Å². The van der Waals surface area contributed by atoms with Crippen molar-refractivity contribution in [1.82, 2.24) is 15.1 Å². The second-order valence-corrected chi connectivity index (χ2v) is 9.33. The van der Waals surface area contributed by atoms with Crippen LogP contribution in [-0.2, 0) is 16.8 Å². The highest BCUT2D eigenvalue weighted by Gasteiger charge is 2.55. The van der Waals surface area contributed by atoms with E-state index in [1.165, 1.54) is 12.1 Å². The number of amides is 4. The van der Waals surface area contributed by atoms with Crippen molar-refractivity contribution in [2.24, 2.45) is 0 Å². The minimum absolute atomic E-state index is 0.00614. The number of nitrogens with zero attached hydrogens (tertiary/aromatic N) is 2. The third-order valence-corrected chi connectivity index (χ3v) is 6.05. The van der Waals surface area contributed by atoms with Crippen molar-refractivity contribution in [2.45, 2.75) is 44.7 Å². The second kappa shape index (κ2) is 7.48. The van der Waals surface area contributed by atoms with E-state index in [-0.39, 0.29) is 36.1 Å². The molecule has 1 N–H and O–H groups in total. The number of nitrogens with one attached hydrogen (secondary N) is 1. The molecule has 2 aromatic rings. The first-order valence-corrected chi connectivity index (χ1v) is 10.4. The highest BCUT2D eigenvalue weighted by atomic mass is 19.1. The van der Waals surface area contributed by atoms with Crippen LogP contribution in [0.15, 0.2) is 48.5 Å². The normalized spacial score (nSPS) is 21.2. The summed E-state index contributed by atoms with van der Waals surface area (Å²) >= 11 is 0. The van der Waals surface area contributed by atoms with Gasteiger partial charge in [-0.3, -0.25) is 14.5 Å². The van der Waals surface area contributed by atoms with Crippen molar-refractivity contribution in [3.8, 4) is 0 Å². The van der Waals surface area contributed by atoms with E-state index in [4.69, 9.17) is 0 Å². The van der Waals surface area contributed by atoms with Gasteiger partial charge in [-0.25, -0.2) is 9.18 Å². The minimum atomic E-state index is -1.10. The first kappa shape index (κ1) is 21.0. The number of halogens is 1. The molecule has 2 aliphatic heterocycles. The van der Waals surface area contributed by atoms with Crippen molar-refractivity contribution in [1.29, 1.82) is 0 Å². The first-order chi connectivity index (χ1) is 14.6. The van der Waals surface area contributed by atoms with Crippen LogP contribution < -0.4 is 5.32 Å². The van der Waals surface area contributed by atoms with Crippen LogP contribution in [0.1, 0.15) is 48.7 Å². The van der Waals surface area contributed by atoms with Gasteiger partial charge in [-0.05, 0) is 47.2 Å². The van der Waals surface area contributed by atoms with Gasteiger partial charge in [0.2, 0.25) is 0 Å². The number of rotatable bonds is 3. The Hall–Kier alpha value is -3.22. The van der Waals surface area contributed by atoms with Crippen LogP contribution in [0.3, 0.4) is 0 Å². The zero-order valence-corrected chi connectivity index (χ0v) is 17.9. The SMILES string of the molecule is CC(C)(C)c1ccc(C(=O)N2CCC3(C2)NC(=O)N(Cc2ccc(F)cc2)C3=O)cc1. The van der Waals surface area contributed by atoms with Gasteiger partial charge in [0.25, 0.3) is 11.8 Å². The van der Waals surface area contributed by atoms with Crippen LogP contribution in [0, 0.1) is 5.82 Å². The molecule has 0 radical (unpaired) electrons. The van der Waals surface area contributed by atoms with Gasteiger partial charge in [-0.1, -0.05) is 45.0 Å². The van der Waals surface area contributed by atoms with Crippen LogP contribution in [0.5, 0.6) is 0 Å². The number of imide groups is 1. The molecule has 2 aromatic carbocycles. The number of likely N-dealkylation sites (tertiary alicyclic amines) is 1. The van der Waals surface area contributed by atoms with Crippen molar-refractivity contribution in [2.75, 3.05) is 13.1 Å². The van der Waals surface area contributed by atoms with E-state index >= 15 is 0 Å². The molecule has 162 valence electrons. The smallest absolute Gasteiger partial charge is 0.325 e. The Morgan fingerprint density at radius 2 is 1.71 bits per heavy atom. The molecule has 31 heavy (non-hydrogen) atoms. The maximum Gasteiger partial charge on any atom is 0.325 e. The fraction of sp³-hybridized carbons (Fsp3) is 0.375. The van der Waals surface area contributed by atoms with Crippen LogP contribution in [-0.4, -0.2) is 46.3 Å². The Bertz CT molecular complexity index is 1030. The average molecular weight is 423 g/mol. The first-order valence-electron chi connectivity index (χ1n) is 10.4. The van der Waals surface area contributed by atoms with Gasteiger partial charge < -0.3 is 10.2 Å². The lowest BCUT2D eigenvalue weighted by molar-refractivity contribution is -0.131. The summed E-state index contributed by atoms with van der Waals surface area (Å²) in [6, 6.07) is 12.7. The highest BCUT2D eigenvalue weighted by Crippen LogP contribution is 2.31. The van der Waals surface area contributed by atoms with Gasteiger partial charge in [0.1, 0.15) is 11.4 Å². The monoisotopic (exact) mass is 423 g/mol. The maximum atomic E-state index is 13.1. The van der Waals surface area contributed by atoms with E-state index in [0.29, 0.717) is 24.1 Å². The van der Waals surface area contributed by atoms with Gasteiger partial charge in [0.05, 0.1) is 13.1 Å². The Morgan fingerprint density at radius 1 is 1.06 bits per heavy atom. The van der Waals surface area contributed by atoms with Gasteiger partial charge in [-0.15, -0.1) is 0 Å². The quantitative estimate of drug-likeness (QED) is 0.769. The molecule has 1 atom stereocenters.